The van der Waals surface area contributed by atoms with Crippen molar-refractivity contribution in [1.29, 1.82) is 0 Å². The molecule has 6 nitrogen and oxygen atoms in total. The SMILES string of the molecule is CC(CC(=O)Nc1cccc(-c2nnc3n2CCCCC3)c1)C1CCNCC1. The Kier molecular flexibility index (Phi) is 6.05. The fraction of sp³-hybridized carbons (Fsp3) is 0.591. The maximum Gasteiger partial charge on any atom is 0.224 e. The summed E-state index contributed by atoms with van der Waals surface area (Å²) in [6.07, 6.45) is 7.51. The number of rotatable bonds is 5. The molecule has 1 aromatic carbocycles. The summed E-state index contributed by atoms with van der Waals surface area (Å²) in [6.45, 7) is 5.32. The Balaban J connectivity index is 1.43. The lowest BCUT2D eigenvalue weighted by Crippen LogP contribution is -2.32. The number of aryl methyl sites for hydroxylation is 1. The van der Waals surface area contributed by atoms with Gasteiger partial charge in [-0.15, -0.1) is 10.2 Å². The largest absolute Gasteiger partial charge is 0.326 e. The van der Waals surface area contributed by atoms with Crippen LogP contribution in [0.25, 0.3) is 11.4 Å². The molecule has 3 heterocycles. The molecular formula is C22H31N5O. The fourth-order valence-corrected chi connectivity index (χ4v) is 4.52. The lowest BCUT2D eigenvalue weighted by molar-refractivity contribution is -0.117. The van der Waals surface area contributed by atoms with Gasteiger partial charge in [0, 0.05) is 30.6 Å². The zero-order chi connectivity index (χ0) is 19.3. The number of nitrogens with one attached hydrogen (secondary N) is 2. The van der Waals surface area contributed by atoms with Crippen molar-refractivity contribution in [2.24, 2.45) is 11.8 Å². The summed E-state index contributed by atoms with van der Waals surface area (Å²) in [5.41, 5.74) is 1.86. The van der Waals surface area contributed by atoms with Gasteiger partial charge in [-0.1, -0.05) is 25.5 Å². The number of fused-ring (bicyclic) bond motifs is 1. The minimum absolute atomic E-state index is 0.100. The van der Waals surface area contributed by atoms with Gasteiger partial charge >= 0.3 is 0 Å². The van der Waals surface area contributed by atoms with Crippen molar-refractivity contribution in [3.8, 4) is 11.4 Å². The summed E-state index contributed by atoms with van der Waals surface area (Å²) in [7, 11) is 0. The van der Waals surface area contributed by atoms with Gasteiger partial charge in [0.25, 0.3) is 0 Å². The molecular weight excluding hydrogens is 350 g/mol. The molecule has 6 heteroatoms. The average molecular weight is 382 g/mol. The van der Waals surface area contributed by atoms with Crippen LogP contribution in [0.2, 0.25) is 0 Å². The highest BCUT2D eigenvalue weighted by Crippen LogP contribution is 2.27. The highest BCUT2D eigenvalue weighted by atomic mass is 16.1. The third-order valence-electron chi connectivity index (χ3n) is 6.21. The summed E-state index contributed by atoms with van der Waals surface area (Å²) < 4.78 is 2.24. The van der Waals surface area contributed by atoms with Gasteiger partial charge in [-0.3, -0.25) is 4.79 Å². The van der Waals surface area contributed by atoms with E-state index in [0.29, 0.717) is 18.3 Å². The molecule has 0 saturated carbocycles. The lowest BCUT2D eigenvalue weighted by atomic mass is 9.84. The predicted molar refractivity (Wildman–Crippen MR) is 111 cm³/mol. The van der Waals surface area contributed by atoms with E-state index in [1.807, 2.05) is 18.2 Å². The molecule has 1 atom stereocenters. The Labute approximate surface area is 167 Å². The van der Waals surface area contributed by atoms with Crippen molar-refractivity contribution < 1.29 is 4.79 Å². The number of carbonyl (C=O) groups is 1. The van der Waals surface area contributed by atoms with Crippen LogP contribution in [-0.2, 0) is 17.8 Å². The number of hydrogen-bond donors (Lipinski definition) is 2. The van der Waals surface area contributed by atoms with E-state index in [-0.39, 0.29) is 5.91 Å². The van der Waals surface area contributed by atoms with Crippen molar-refractivity contribution in [2.45, 2.75) is 58.4 Å². The summed E-state index contributed by atoms with van der Waals surface area (Å²) in [4.78, 5) is 12.6. The van der Waals surface area contributed by atoms with Gasteiger partial charge < -0.3 is 15.2 Å². The van der Waals surface area contributed by atoms with E-state index in [2.05, 4.69) is 38.4 Å². The van der Waals surface area contributed by atoms with Crippen molar-refractivity contribution in [2.75, 3.05) is 18.4 Å². The van der Waals surface area contributed by atoms with E-state index in [1.165, 1.54) is 32.1 Å². The Hall–Kier alpha value is -2.21. The first-order valence-corrected chi connectivity index (χ1v) is 10.7. The van der Waals surface area contributed by atoms with Crippen LogP contribution in [0.4, 0.5) is 5.69 Å². The highest BCUT2D eigenvalue weighted by Gasteiger charge is 2.22. The van der Waals surface area contributed by atoms with Crippen molar-refractivity contribution in [3.63, 3.8) is 0 Å². The molecule has 4 rings (SSSR count). The molecule has 1 saturated heterocycles. The number of benzene rings is 1. The van der Waals surface area contributed by atoms with Crippen LogP contribution in [-0.4, -0.2) is 33.8 Å². The van der Waals surface area contributed by atoms with E-state index < -0.39 is 0 Å². The first-order valence-electron chi connectivity index (χ1n) is 10.7. The third-order valence-corrected chi connectivity index (χ3v) is 6.21. The molecule has 1 amide bonds. The van der Waals surface area contributed by atoms with E-state index in [4.69, 9.17) is 0 Å². The molecule has 0 aliphatic carbocycles. The average Bonchev–Trinajstić information content (AvgIpc) is 2.97. The predicted octanol–water partition coefficient (Wildman–Crippen LogP) is 3.64. The maximum absolute atomic E-state index is 12.6. The molecule has 2 aromatic rings. The number of hydrogen-bond acceptors (Lipinski definition) is 4. The van der Waals surface area contributed by atoms with Crippen LogP contribution >= 0.6 is 0 Å². The molecule has 1 aromatic heterocycles. The number of anilines is 1. The number of piperidine rings is 1. The maximum atomic E-state index is 12.6. The summed E-state index contributed by atoms with van der Waals surface area (Å²) in [5.74, 6) is 3.15. The second-order valence-electron chi connectivity index (χ2n) is 8.30. The first kappa shape index (κ1) is 19.1. The van der Waals surface area contributed by atoms with Crippen LogP contribution in [0.15, 0.2) is 24.3 Å². The molecule has 0 radical (unpaired) electrons. The summed E-state index contributed by atoms with van der Waals surface area (Å²) in [6, 6.07) is 8.01. The normalized spacial score (nSPS) is 18.9. The van der Waals surface area contributed by atoms with E-state index in [9.17, 15) is 4.79 Å². The van der Waals surface area contributed by atoms with Crippen LogP contribution < -0.4 is 10.6 Å². The smallest absolute Gasteiger partial charge is 0.224 e. The number of amides is 1. The highest BCUT2D eigenvalue weighted by molar-refractivity contribution is 5.91. The molecule has 28 heavy (non-hydrogen) atoms. The number of nitrogens with zero attached hydrogens (tertiary/aromatic N) is 3. The zero-order valence-electron chi connectivity index (χ0n) is 16.8. The van der Waals surface area contributed by atoms with Gasteiger partial charge in [0.2, 0.25) is 5.91 Å². The van der Waals surface area contributed by atoms with Gasteiger partial charge in [0.15, 0.2) is 5.82 Å². The topological polar surface area (TPSA) is 71.8 Å². The van der Waals surface area contributed by atoms with Crippen molar-refractivity contribution in [3.05, 3.63) is 30.1 Å². The third kappa shape index (κ3) is 4.43. The van der Waals surface area contributed by atoms with Gasteiger partial charge in [-0.25, -0.2) is 0 Å². The van der Waals surface area contributed by atoms with Crippen molar-refractivity contribution >= 4 is 11.6 Å². The molecule has 2 aliphatic rings. The molecule has 2 aliphatic heterocycles. The fourth-order valence-electron chi connectivity index (χ4n) is 4.52. The summed E-state index contributed by atoms with van der Waals surface area (Å²) in [5, 5.41) is 15.3. The van der Waals surface area contributed by atoms with Crippen LogP contribution in [0, 0.1) is 11.8 Å². The van der Waals surface area contributed by atoms with Gasteiger partial charge in [-0.05, 0) is 62.7 Å². The van der Waals surface area contributed by atoms with Crippen molar-refractivity contribution in [1.82, 2.24) is 20.1 Å². The second-order valence-corrected chi connectivity index (χ2v) is 8.30. The molecule has 1 unspecified atom stereocenters. The molecule has 1 fully saturated rings. The second kappa shape index (κ2) is 8.86. The molecule has 150 valence electrons. The number of aromatic nitrogens is 3. The molecule has 0 spiro atoms. The van der Waals surface area contributed by atoms with E-state index >= 15 is 0 Å². The van der Waals surface area contributed by atoms with Crippen LogP contribution in [0.3, 0.4) is 0 Å². The zero-order valence-corrected chi connectivity index (χ0v) is 16.8. The first-order chi connectivity index (χ1) is 13.7. The van der Waals surface area contributed by atoms with Crippen LogP contribution in [0.1, 0.15) is 51.3 Å². The Bertz CT molecular complexity index is 809. The number of carbonyl (C=O) groups excluding carboxylic acids is 1. The quantitative estimate of drug-likeness (QED) is 0.829. The Morgan fingerprint density at radius 2 is 2.11 bits per heavy atom. The standard InChI is InChI=1S/C22H31N5O/c1-16(17-9-11-23-12-10-17)14-21(28)24-19-7-5-6-18(15-19)22-26-25-20-8-3-2-4-13-27(20)22/h5-7,15-17,23H,2-4,8-14H2,1H3,(H,24,28). The van der Waals surface area contributed by atoms with Gasteiger partial charge in [0.05, 0.1) is 0 Å². The lowest BCUT2D eigenvalue weighted by Gasteiger charge is -2.27. The van der Waals surface area contributed by atoms with E-state index in [1.54, 1.807) is 0 Å². The van der Waals surface area contributed by atoms with Gasteiger partial charge in [0.1, 0.15) is 5.82 Å². The van der Waals surface area contributed by atoms with Gasteiger partial charge in [-0.2, -0.15) is 0 Å². The molecule has 0 bridgehead atoms. The summed E-state index contributed by atoms with van der Waals surface area (Å²) >= 11 is 0. The minimum Gasteiger partial charge on any atom is -0.326 e. The monoisotopic (exact) mass is 381 g/mol. The molecule has 2 N–H and O–H groups in total. The Morgan fingerprint density at radius 3 is 2.96 bits per heavy atom. The minimum atomic E-state index is 0.100. The van der Waals surface area contributed by atoms with E-state index in [0.717, 1.165) is 49.0 Å². The Morgan fingerprint density at radius 1 is 1.25 bits per heavy atom. The van der Waals surface area contributed by atoms with Crippen LogP contribution in [0.5, 0.6) is 0 Å².